The van der Waals surface area contributed by atoms with Crippen LogP contribution < -0.4 is 5.73 Å². The van der Waals surface area contributed by atoms with E-state index in [1.165, 1.54) is 35.4 Å². The van der Waals surface area contributed by atoms with Crippen molar-refractivity contribution >= 4 is 17.5 Å². The standard InChI is InChI=1S/C26H24FN3O7/c1-30(2)19-14-9-10-8-13-11(12-4-3-7-29-24(12)27)5-6-15(31)17(13)20(32)16(10)22(34)26(14,37)23(35)18(21(19)33)25(28)36/h3-7,10,14,19,31,33-34,37H,8-9H2,1-2H3,(H2,28,36)/t10-,14-,19-,26-/m0/s1. The molecule has 0 unspecified atom stereocenters. The number of pyridine rings is 1. The Labute approximate surface area is 210 Å². The quantitative estimate of drug-likeness (QED) is 0.302. The molecule has 4 atom stereocenters. The number of aliphatic hydroxyl groups is 3. The number of benzene rings is 1. The van der Waals surface area contributed by atoms with Gasteiger partial charge in [0.05, 0.1) is 11.6 Å². The number of nitrogens with zero attached hydrogens (tertiary/aromatic N) is 2. The summed E-state index contributed by atoms with van der Waals surface area (Å²) in [4.78, 5) is 44.2. The molecule has 10 nitrogen and oxygen atoms in total. The van der Waals surface area contributed by atoms with Crippen LogP contribution in [0.1, 0.15) is 22.3 Å². The molecular weight excluding hydrogens is 485 g/mol. The van der Waals surface area contributed by atoms with E-state index in [1.54, 1.807) is 14.1 Å². The first-order chi connectivity index (χ1) is 17.4. The third-order valence-electron chi connectivity index (χ3n) is 7.66. The molecule has 0 radical (unpaired) electrons. The molecule has 1 heterocycles. The Bertz CT molecular complexity index is 1460. The number of amides is 1. The number of phenolic OH excluding ortho intramolecular Hbond substituents is 1. The van der Waals surface area contributed by atoms with E-state index in [-0.39, 0.29) is 29.5 Å². The molecule has 0 saturated heterocycles. The number of hydrogen-bond donors (Lipinski definition) is 5. The predicted octanol–water partition coefficient (Wildman–Crippen LogP) is 1.32. The van der Waals surface area contributed by atoms with Gasteiger partial charge in [0.15, 0.2) is 11.4 Å². The summed E-state index contributed by atoms with van der Waals surface area (Å²) in [6.45, 7) is 0. The number of aromatic nitrogens is 1. The van der Waals surface area contributed by atoms with E-state index < -0.39 is 69.7 Å². The Morgan fingerprint density at radius 2 is 1.86 bits per heavy atom. The number of carbonyl (C=O) groups excluding carboxylic acids is 3. The minimum Gasteiger partial charge on any atom is -0.510 e. The van der Waals surface area contributed by atoms with E-state index in [9.17, 15) is 39.2 Å². The van der Waals surface area contributed by atoms with Crippen molar-refractivity contribution in [2.24, 2.45) is 17.6 Å². The number of halogens is 1. The minimum absolute atomic E-state index is 0.0482. The highest BCUT2D eigenvalue weighted by Crippen LogP contribution is 2.53. The number of aromatic hydroxyl groups is 1. The van der Waals surface area contributed by atoms with Crippen LogP contribution >= 0.6 is 0 Å². The third-order valence-corrected chi connectivity index (χ3v) is 7.66. The molecule has 1 aromatic heterocycles. The average Bonchev–Trinajstić information content (AvgIpc) is 2.82. The molecule has 5 rings (SSSR count). The van der Waals surface area contributed by atoms with Gasteiger partial charge in [0, 0.05) is 23.3 Å². The summed E-state index contributed by atoms with van der Waals surface area (Å²) in [5, 5.41) is 44.3. The van der Waals surface area contributed by atoms with E-state index in [0.29, 0.717) is 11.1 Å². The Kier molecular flexibility index (Phi) is 5.46. The van der Waals surface area contributed by atoms with Crippen LogP contribution in [0.25, 0.3) is 11.1 Å². The number of likely N-dealkylation sites (N-methyl/N-ethyl adjacent to an activating group) is 1. The van der Waals surface area contributed by atoms with E-state index in [4.69, 9.17) is 5.73 Å². The lowest BCUT2D eigenvalue weighted by molar-refractivity contribution is -0.148. The van der Waals surface area contributed by atoms with Crippen LogP contribution in [0.5, 0.6) is 5.75 Å². The molecule has 0 saturated carbocycles. The number of rotatable bonds is 3. The number of aliphatic hydroxyl groups excluding tert-OH is 2. The van der Waals surface area contributed by atoms with Crippen LogP contribution in [0.2, 0.25) is 0 Å². The maximum absolute atomic E-state index is 14.6. The molecule has 11 heteroatoms. The Morgan fingerprint density at radius 1 is 1.16 bits per heavy atom. The number of hydrogen-bond acceptors (Lipinski definition) is 9. The second kappa shape index (κ2) is 8.22. The molecule has 6 N–H and O–H groups in total. The van der Waals surface area contributed by atoms with Crippen molar-refractivity contribution in [2.75, 3.05) is 14.1 Å². The fraction of sp³-hybridized carbons (Fsp3) is 0.308. The molecule has 3 aliphatic carbocycles. The number of nitrogens with two attached hydrogens (primary N) is 1. The summed E-state index contributed by atoms with van der Waals surface area (Å²) in [6.07, 6.45) is 1.27. The number of Topliss-reactive ketones (excluding diaryl/α,β-unsaturated/α-hetero) is 2. The molecule has 0 aliphatic heterocycles. The smallest absolute Gasteiger partial charge is 0.255 e. The van der Waals surface area contributed by atoms with E-state index in [1.807, 2.05) is 0 Å². The maximum Gasteiger partial charge on any atom is 0.255 e. The van der Waals surface area contributed by atoms with Gasteiger partial charge in [0.2, 0.25) is 11.7 Å². The Morgan fingerprint density at radius 3 is 2.49 bits per heavy atom. The van der Waals surface area contributed by atoms with Gasteiger partial charge in [-0.05, 0) is 62.2 Å². The summed E-state index contributed by atoms with van der Waals surface area (Å²) < 4.78 is 14.6. The molecule has 1 amide bonds. The van der Waals surface area contributed by atoms with Crippen molar-refractivity contribution in [3.63, 3.8) is 0 Å². The molecule has 1 aromatic carbocycles. The van der Waals surface area contributed by atoms with Gasteiger partial charge >= 0.3 is 0 Å². The zero-order valence-corrected chi connectivity index (χ0v) is 19.9. The highest BCUT2D eigenvalue weighted by Gasteiger charge is 2.63. The second-order valence-corrected chi connectivity index (χ2v) is 9.79. The molecule has 0 bridgehead atoms. The number of ketones is 2. The largest absolute Gasteiger partial charge is 0.510 e. The van der Waals surface area contributed by atoms with Gasteiger partial charge in [-0.15, -0.1) is 0 Å². The van der Waals surface area contributed by atoms with Gasteiger partial charge in [-0.25, -0.2) is 4.98 Å². The zero-order valence-electron chi connectivity index (χ0n) is 19.9. The predicted molar refractivity (Wildman–Crippen MR) is 127 cm³/mol. The number of fused-ring (bicyclic) bond motifs is 3. The molecular formula is C26H24FN3O7. The molecule has 0 spiro atoms. The van der Waals surface area contributed by atoms with Gasteiger partial charge in [0.1, 0.15) is 22.8 Å². The van der Waals surface area contributed by atoms with Crippen LogP contribution in [0.15, 0.2) is 53.1 Å². The monoisotopic (exact) mass is 509 g/mol. The zero-order chi connectivity index (χ0) is 27.0. The van der Waals surface area contributed by atoms with E-state index in [2.05, 4.69) is 4.98 Å². The fourth-order valence-corrected chi connectivity index (χ4v) is 6.09. The minimum atomic E-state index is -2.72. The lowest BCUT2D eigenvalue weighted by Crippen LogP contribution is -2.63. The van der Waals surface area contributed by atoms with Crippen LogP contribution in [-0.4, -0.2) is 73.5 Å². The molecule has 0 fully saturated rings. The highest BCUT2D eigenvalue weighted by atomic mass is 19.1. The summed E-state index contributed by atoms with van der Waals surface area (Å²) >= 11 is 0. The van der Waals surface area contributed by atoms with Crippen molar-refractivity contribution < 1.29 is 39.2 Å². The first-order valence-corrected chi connectivity index (χ1v) is 11.5. The van der Waals surface area contributed by atoms with Gasteiger partial charge in [-0.3, -0.25) is 19.3 Å². The summed E-state index contributed by atoms with van der Waals surface area (Å²) in [7, 11) is 3.10. The fourth-order valence-electron chi connectivity index (χ4n) is 6.09. The Hall–Kier alpha value is -4.09. The third kappa shape index (κ3) is 3.24. The number of phenols is 1. The van der Waals surface area contributed by atoms with Crippen LogP contribution in [-0.2, 0) is 16.0 Å². The van der Waals surface area contributed by atoms with Gasteiger partial charge in [-0.2, -0.15) is 4.39 Å². The maximum atomic E-state index is 14.6. The summed E-state index contributed by atoms with van der Waals surface area (Å²) in [6, 6.07) is 4.61. The number of carbonyl (C=O) groups is 3. The first kappa shape index (κ1) is 24.6. The van der Waals surface area contributed by atoms with Gasteiger partial charge in [0.25, 0.3) is 5.91 Å². The Balaban J connectivity index is 1.74. The van der Waals surface area contributed by atoms with E-state index in [0.717, 1.165) is 0 Å². The first-order valence-electron chi connectivity index (χ1n) is 11.5. The highest BCUT2D eigenvalue weighted by molar-refractivity contribution is 6.24. The summed E-state index contributed by atoms with van der Waals surface area (Å²) in [5.74, 6) is -8.13. The number of primary amides is 1. The normalized spacial score (nSPS) is 27.2. The van der Waals surface area contributed by atoms with Crippen LogP contribution in [0.3, 0.4) is 0 Å². The van der Waals surface area contributed by atoms with Crippen molar-refractivity contribution in [3.8, 4) is 16.9 Å². The van der Waals surface area contributed by atoms with E-state index >= 15 is 0 Å². The SMILES string of the molecule is CN(C)[C@@H]1C(O)=C(C(N)=O)C(=O)[C@@]2(O)C(O)=C3C(=O)c4c(O)ccc(-c5cccnc5F)c4C[C@H]3C[C@@H]12. The lowest BCUT2D eigenvalue weighted by Gasteiger charge is -2.50. The van der Waals surface area contributed by atoms with Gasteiger partial charge < -0.3 is 26.2 Å². The van der Waals surface area contributed by atoms with Crippen molar-refractivity contribution in [3.05, 3.63) is 70.2 Å². The second-order valence-electron chi connectivity index (χ2n) is 9.79. The van der Waals surface area contributed by atoms with Crippen molar-refractivity contribution in [1.29, 1.82) is 0 Å². The molecule has 2 aromatic rings. The van der Waals surface area contributed by atoms with Gasteiger partial charge in [-0.1, -0.05) is 6.07 Å². The van der Waals surface area contributed by atoms with Crippen LogP contribution in [0, 0.1) is 17.8 Å². The molecule has 192 valence electrons. The summed E-state index contributed by atoms with van der Waals surface area (Å²) in [5.41, 5.74) is 2.03. The van der Waals surface area contributed by atoms with Crippen LogP contribution in [0.4, 0.5) is 4.39 Å². The topological polar surface area (TPSA) is 174 Å². The lowest BCUT2D eigenvalue weighted by atomic mass is 9.58. The van der Waals surface area contributed by atoms with Crippen molar-refractivity contribution in [2.45, 2.75) is 24.5 Å². The average molecular weight is 509 g/mol. The molecule has 3 aliphatic rings. The molecule has 37 heavy (non-hydrogen) atoms. The van der Waals surface area contributed by atoms with Crippen molar-refractivity contribution in [1.82, 2.24) is 9.88 Å². The number of allylic oxidation sites excluding steroid dienone is 1.